The van der Waals surface area contributed by atoms with Gasteiger partial charge in [0, 0.05) is 22.6 Å². The van der Waals surface area contributed by atoms with E-state index in [9.17, 15) is 18.1 Å². The van der Waals surface area contributed by atoms with E-state index >= 15 is 0 Å². The van der Waals surface area contributed by atoms with Crippen LogP contribution in [0.5, 0.6) is 0 Å². The summed E-state index contributed by atoms with van der Waals surface area (Å²) in [5.74, 6) is -0.791. The van der Waals surface area contributed by atoms with Crippen molar-refractivity contribution in [3.63, 3.8) is 0 Å². The molecule has 0 atom stereocenters. The average Bonchev–Trinajstić information content (AvgIpc) is 2.08. The van der Waals surface area contributed by atoms with Gasteiger partial charge in [-0.1, -0.05) is 6.07 Å². The second-order valence-corrected chi connectivity index (χ2v) is 2.46. The van der Waals surface area contributed by atoms with Crippen LogP contribution < -0.4 is 5.18 Å². The highest BCUT2D eigenvalue weighted by Gasteiger charge is 2.17. The van der Waals surface area contributed by atoms with Gasteiger partial charge in [0.25, 0.3) is 5.69 Å². The lowest BCUT2D eigenvalue weighted by molar-refractivity contribution is -0.380. The van der Waals surface area contributed by atoms with Gasteiger partial charge < -0.3 is 5.48 Å². The van der Waals surface area contributed by atoms with Gasteiger partial charge in [0.2, 0.25) is 6.43 Å². The van der Waals surface area contributed by atoms with Crippen LogP contribution in [0.1, 0.15) is 5.56 Å². The van der Waals surface area contributed by atoms with Crippen molar-refractivity contribution >= 4 is 5.69 Å². The van der Waals surface area contributed by atoms with Crippen LogP contribution in [0.4, 0.5) is 18.9 Å². The number of halogens is 3. The number of rotatable bonds is 3. The third kappa shape index (κ3) is 2.81. The molecule has 0 aromatic heterocycles. The van der Waals surface area contributed by atoms with Crippen LogP contribution in [0.25, 0.3) is 0 Å². The fourth-order valence-electron chi connectivity index (χ4n) is 1.02. The molecule has 1 rings (SSSR count). The Kier molecular flexibility index (Phi) is 4.79. The standard InChI is InChI=1S/C8H6F3NO.H2O/c9-6-2-1-3-7(12-13)5(6)4-8(10)11;/h1-3,8H,4H2;1H2. The Morgan fingerprint density at radius 3 is 2.50 bits per heavy atom. The molecule has 6 heteroatoms. The monoisotopic (exact) mass is 207 g/mol. The minimum Gasteiger partial charge on any atom is -0.870 e. The summed E-state index contributed by atoms with van der Waals surface area (Å²) in [5, 5.41) is 1.42. The maximum absolute atomic E-state index is 12.9. The van der Waals surface area contributed by atoms with E-state index < -0.39 is 18.7 Å². The first-order chi connectivity index (χ1) is 6.15. The molecular weight excluding hydrogens is 199 g/mol. The summed E-state index contributed by atoms with van der Waals surface area (Å²) in [4.78, 5) is 10.2. The van der Waals surface area contributed by atoms with Crippen molar-refractivity contribution in [1.82, 2.24) is 0 Å². The Morgan fingerprint density at radius 2 is 2.00 bits per heavy atom. The van der Waals surface area contributed by atoms with E-state index in [1.165, 1.54) is 17.3 Å². The Morgan fingerprint density at radius 1 is 1.36 bits per heavy atom. The Labute approximate surface area is 77.8 Å². The predicted octanol–water partition coefficient (Wildman–Crippen LogP) is 0.935. The molecule has 0 aliphatic rings. The lowest BCUT2D eigenvalue weighted by Crippen LogP contribution is -2.56. The second kappa shape index (κ2) is 5.33. The summed E-state index contributed by atoms with van der Waals surface area (Å²) in [5.41, 5.74) is -0.409. The van der Waals surface area contributed by atoms with Crippen LogP contribution in [0.2, 0.25) is 0 Å². The minimum absolute atomic E-state index is 0. The molecule has 0 unspecified atom stereocenters. The van der Waals surface area contributed by atoms with Gasteiger partial charge in [-0.2, -0.15) is 0 Å². The van der Waals surface area contributed by atoms with E-state index in [1.54, 1.807) is 0 Å². The summed E-state index contributed by atoms with van der Waals surface area (Å²) in [7, 11) is 0. The molecule has 0 fully saturated rings. The molecule has 0 amide bonds. The lowest BCUT2D eigenvalue weighted by atomic mass is 10.1. The van der Waals surface area contributed by atoms with Gasteiger partial charge in [-0.15, -0.1) is 0 Å². The van der Waals surface area contributed by atoms with E-state index in [1.807, 2.05) is 0 Å². The third-order valence-corrected chi connectivity index (χ3v) is 1.59. The molecule has 0 spiro atoms. The Hall–Kier alpha value is -1.43. The number of alkyl halides is 2. The summed E-state index contributed by atoms with van der Waals surface area (Å²) in [6, 6.07) is 3.58. The van der Waals surface area contributed by atoms with Gasteiger partial charge >= 0.3 is 0 Å². The van der Waals surface area contributed by atoms with E-state index in [0.29, 0.717) is 0 Å². The molecule has 1 aromatic carbocycles. The van der Waals surface area contributed by atoms with Crippen molar-refractivity contribution in [3.05, 3.63) is 34.5 Å². The summed E-state index contributed by atoms with van der Waals surface area (Å²) >= 11 is 0. The van der Waals surface area contributed by atoms with Crippen molar-refractivity contribution in [1.29, 1.82) is 0 Å². The van der Waals surface area contributed by atoms with Gasteiger partial charge in [-0.05, 0) is 6.07 Å². The highest BCUT2D eigenvalue weighted by molar-refractivity contribution is 5.39. The molecule has 2 N–H and O–H groups in total. The van der Waals surface area contributed by atoms with E-state index in [4.69, 9.17) is 0 Å². The Balaban J connectivity index is 0.00000169. The SMILES string of the molecule is O=[NH+]c1cccc(F)c1CC(F)F.[OH-]. The molecule has 0 saturated heterocycles. The van der Waals surface area contributed by atoms with Crippen LogP contribution in [-0.4, -0.2) is 11.9 Å². The van der Waals surface area contributed by atoms with Crippen LogP contribution in [0.15, 0.2) is 18.2 Å². The first-order valence-electron chi connectivity index (χ1n) is 3.59. The molecule has 0 saturated carbocycles. The molecular formula is C8H8F3NO2. The summed E-state index contributed by atoms with van der Waals surface area (Å²) in [6.07, 6.45) is -3.42. The first kappa shape index (κ1) is 12.6. The maximum atomic E-state index is 12.9. The normalized spacial score (nSPS) is 9.71. The highest BCUT2D eigenvalue weighted by Crippen LogP contribution is 2.17. The quantitative estimate of drug-likeness (QED) is 0.801. The van der Waals surface area contributed by atoms with Crippen molar-refractivity contribution in [2.75, 3.05) is 0 Å². The molecule has 14 heavy (non-hydrogen) atoms. The van der Waals surface area contributed by atoms with Crippen LogP contribution in [-0.2, 0) is 6.42 Å². The fourth-order valence-corrected chi connectivity index (χ4v) is 1.02. The highest BCUT2D eigenvalue weighted by atomic mass is 19.3. The van der Waals surface area contributed by atoms with Gasteiger partial charge in [0.1, 0.15) is 5.82 Å². The molecule has 0 bridgehead atoms. The Bertz CT molecular complexity index is 317. The number of hydrogen-bond acceptors (Lipinski definition) is 2. The summed E-state index contributed by atoms with van der Waals surface area (Å²) < 4.78 is 36.7. The molecule has 3 nitrogen and oxygen atoms in total. The van der Waals surface area contributed by atoms with Crippen molar-refractivity contribution in [3.8, 4) is 0 Å². The van der Waals surface area contributed by atoms with Crippen LogP contribution in [0.3, 0.4) is 0 Å². The predicted molar refractivity (Wildman–Crippen MR) is 42.0 cm³/mol. The maximum Gasteiger partial charge on any atom is 0.259 e. The van der Waals surface area contributed by atoms with Crippen molar-refractivity contribution in [2.24, 2.45) is 0 Å². The zero-order valence-electron chi connectivity index (χ0n) is 7.01. The molecule has 0 heterocycles. The second-order valence-electron chi connectivity index (χ2n) is 2.46. The fraction of sp³-hybridized carbons (Fsp3) is 0.250. The van der Waals surface area contributed by atoms with Crippen molar-refractivity contribution < 1.29 is 23.8 Å². The minimum atomic E-state index is -2.66. The van der Waals surface area contributed by atoms with Crippen molar-refractivity contribution in [2.45, 2.75) is 12.8 Å². The van der Waals surface area contributed by atoms with Gasteiger partial charge in [0.15, 0.2) is 0 Å². The zero-order chi connectivity index (χ0) is 9.84. The van der Waals surface area contributed by atoms with Crippen LogP contribution >= 0.6 is 0 Å². The number of nitrogens with one attached hydrogen (secondary N) is 1. The zero-order valence-corrected chi connectivity index (χ0v) is 7.01. The summed E-state index contributed by atoms with van der Waals surface area (Å²) in [6.45, 7) is 0. The lowest BCUT2D eigenvalue weighted by Gasteiger charge is -2.00. The van der Waals surface area contributed by atoms with Crippen LogP contribution in [0, 0.1) is 10.7 Å². The van der Waals surface area contributed by atoms with E-state index in [2.05, 4.69) is 0 Å². The third-order valence-electron chi connectivity index (χ3n) is 1.59. The van der Waals surface area contributed by atoms with Gasteiger partial charge in [0.05, 0.1) is 5.56 Å². The number of hydrogen-bond donors (Lipinski definition) is 1. The van der Waals surface area contributed by atoms with Gasteiger partial charge in [-0.3, -0.25) is 0 Å². The molecule has 0 aliphatic carbocycles. The first-order valence-corrected chi connectivity index (χ1v) is 3.59. The molecule has 78 valence electrons. The van der Waals surface area contributed by atoms with E-state index in [-0.39, 0.29) is 16.7 Å². The largest absolute Gasteiger partial charge is 0.870 e. The number of nitroso groups, excluding NO2 is 1. The molecule has 0 aliphatic heterocycles. The molecule has 1 aromatic rings. The molecule has 0 radical (unpaired) electrons. The van der Waals surface area contributed by atoms with Gasteiger partial charge in [-0.25, -0.2) is 13.2 Å². The van der Waals surface area contributed by atoms with E-state index in [0.717, 1.165) is 6.07 Å². The smallest absolute Gasteiger partial charge is 0.259 e. The average molecular weight is 207 g/mol. The topological polar surface area (TPSA) is 61.0 Å². The number of benzene rings is 1.